The number of pyridine rings is 1. The Morgan fingerprint density at radius 1 is 1.07 bits per heavy atom. The first-order valence-corrected chi connectivity index (χ1v) is 8.66. The van der Waals surface area contributed by atoms with Gasteiger partial charge in [-0.2, -0.15) is 13.2 Å². The number of aromatic nitrogens is 4. The third-order valence-electron chi connectivity index (χ3n) is 4.43. The number of carbonyl (C=O) groups excluding carboxylic acids is 1. The van der Waals surface area contributed by atoms with Crippen LogP contribution in [-0.4, -0.2) is 32.3 Å². The van der Waals surface area contributed by atoms with Gasteiger partial charge in [0.1, 0.15) is 11.5 Å². The van der Waals surface area contributed by atoms with Crippen LogP contribution in [0.15, 0.2) is 55.1 Å². The average Bonchev–Trinajstić information content (AvgIpc) is 3.11. The summed E-state index contributed by atoms with van der Waals surface area (Å²) in [6.45, 7) is 0. The van der Waals surface area contributed by atoms with Gasteiger partial charge in [0.25, 0.3) is 5.91 Å². The minimum Gasteiger partial charge on any atom is -0.354 e. The molecule has 1 N–H and O–H groups in total. The first-order valence-electron chi connectivity index (χ1n) is 8.66. The lowest BCUT2D eigenvalue weighted by Crippen LogP contribution is -2.19. The molecule has 4 aromatic rings. The maximum Gasteiger partial charge on any atom is 0.416 e. The van der Waals surface area contributed by atoms with Crippen LogP contribution in [0.4, 0.5) is 17.6 Å². The summed E-state index contributed by atoms with van der Waals surface area (Å²) in [7, 11) is 1.45. The molecule has 0 radical (unpaired) electrons. The van der Waals surface area contributed by atoms with Gasteiger partial charge in [-0.3, -0.25) is 14.2 Å². The fourth-order valence-electron chi connectivity index (χ4n) is 3.04. The molecular formula is C20H13F4N5O. The number of amides is 1. The van der Waals surface area contributed by atoms with Gasteiger partial charge in [-0.1, -0.05) is 12.1 Å². The molecular weight excluding hydrogens is 402 g/mol. The summed E-state index contributed by atoms with van der Waals surface area (Å²) >= 11 is 0. The Balaban J connectivity index is 1.98. The van der Waals surface area contributed by atoms with E-state index in [0.717, 1.165) is 18.3 Å². The molecule has 0 spiro atoms. The fourth-order valence-corrected chi connectivity index (χ4v) is 3.04. The van der Waals surface area contributed by atoms with Crippen molar-refractivity contribution in [3.8, 4) is 22.5 Å². The predicted molar refractivity (Wildman–Crippen MR) is 100 cm³/mol. The van der Waals surface area contributed by atoms with Crippen LogP contribution in [0.2, 0.25) is 0 Å². The lowest BCUT2D eigenvalue weighted by Gasteiger charge is -2.10. The minimum absolute atomic E-state index is 0.0829. The van der Waals surface area contributed by atoms with Gasteiger partial charge in [0.15, 0.2) is 5.65 Å². The molecule has 10 heteroatoms. The van der Waals surface area contributed by atoms with Crippen LogP contribution in [0.25, 0.3) is 28.2 Å². The summed E-state index contributed by atoms with van der Waals surface area (Å²) in [5.41, 5.74) is 0.994. The summed E-state index contributed by atoms with van der Waals surface area (Å²) in [5, 5.41) is 2.46. The van der Waals surface area contributed by atoms with Crippen molar-refractivity contribution in [2.45, 2.75) is 6.18 Å². The van der Waals surface area contributed by atoms with Crippen molar-refractivity contribution in [1.29, 1.82) is 0 Å². The van der Waals surface area contributed by atoms with Crippen molar-refractivity contribution in [2.24, 2.45) is 0 Å². The van der Waals surface area contributed by atoms with Gasteiger partial charge < -0.3 is 5.32 Å². The third-order valence-corrected chi connectivity index (χ3v) is 4.43. The largest absolute Gasteiger partial charge is 0.416 e. The Kier molecular flexibility index (Phi) is 4.69. The summed E-state index contributed by atoms with van der Waals surface area (Å²) in [4.78, 5) is 24.3. The molecule has 0 unspecified atom stereocenters. The van der Waals surface area contributed by atoms with E-state index in [9.17, 15) is 22.4 Å². The van der Waals surface area contributed by atoms with E-state index in [1.807, 2.05) is 0 Å². The lowest BCUT2D eigenvalue weighted by molar-refractivity contribution is -0.137. The maximum absolute atomic E-state index is 13.8. The van der Waals surface area contributed by atoms with Crippen molar-refractivity contribution >= 4 is 11.6 Å². The Labute approximate surface area is 167 Å². The number of imidazole rings is 1. The van der Waals surface area contributed by atoms with E-state index in [1.165, 1.54) is 48.2 Å². The van der Waals surface area contributed by atoms with E-state index in [-0.39, 0.29) is 11.4 Å². The summed E-state index contributed by atoms with van der Waals surface area (Å²) < 4.78 is 54.2. The van der Waals surface area contributed by atoms with Crippen molar-refractivity contribution in [3.63, 3.8) is 0 Å². The number of carbonyl (C=O) groups is 1. The molecule has 6 nitrogen and oxygen atoms in total. The number of nitrogens with zero attached hydrogens (tertiary/aromatic N) is 4. The quantitative estimate of drug-likeness (QED) is 0.514. The maximum atomic E-state index is 13.8. The normalized spacial score (nSPS) is 11.6. The molecule has 30 heavy (non-hydrogen) atoms. The second-order valence-corrected chi connectivity index (χ2v) is 6.36. The molecule has 3 aromatic heterocycles. The van der Waals surface area contributed by atoms with Crippen LogP contribution >= 0.6 is 0 Å². The molecule has 152 valence electrons. The van der Waals surface area contributed by atoms with Crippen LogP contribution in [0.1, 0.15) is 16.1 Å². The number of nitrogens with one attached hydrogen (secondary N) is 1. The van der Waals surface area contributed by atoms with Gasteiger partial charge in [0, 0.05) is 30.6 Å². The second-order valence-electron chi connectivity index (χ2n) is 6.36. The fraction of sp³-hybridized carbons (Fsp3) is 0.100. The van der Waals surface area contributed by atoms with Crippen LogP contribution in [0.5, 0.6) is 0 Å². The van der Waals surface area contributed by atoms with Crippen molar-refractivity contribution in [2.75, 3.05) is 7.05 Å². The monoisotopic (exact) mass is 415 g/mol. The molecule has 0 aliphatic carbocycles. The Hall–Kier alpha value is -3.82. The number of rotatable bonds is 3. The van der Waals surface area contributed by atoms with E-state index in [2.05, 4.69) is 20.3 Å². The van der Waals surface area contributed by atoms with E-state index >= 15 is 0 Å². The molecule has 0 fully saturated rings. The molecule has 1 amide bonds. The van der Waals surface area contributed by atoms with Crippen LogP contribution in [0, 0.1) is 5.82 Å². The zero-order valence-electron chi connectivity index (χ0n) is 15.4. The molecule has 3 heterocycles. The minimum atomic E-state index is -4.48. The standard InChI is InChI=1S/C20H13F4N5O/c1-25-19(30)15-10-29-16(9-27-15)28-17(12-6-14(21)8-26-7-12)18(29)11-2-4-13(5-3-11)20(22,23)24/h2-10H,1H3,(H,25,30). The Bertz CT molecular complexity index is 1250. The number of hydrogen-bond donors (Lipinski definition) is 1. The van der Waals surface area contributed by atoms with E-state index in [0.29, 0.717) is 22.5 Å². The Morgan fingerprint density at radius 2 is 1.80 bits per heavy atom. The predicted octanol–water partition coefficient (Wildman–Crippen LogP) is 3.98. The number of hydrogen-bond acceptors (Lipinski definition) is 4. The number of benzene rings is 1. The van der Waals surface area contributed by atoms with Gasteiger partial charge in [-0.05, 0) is 18.2 Å². The highest BCUT2D eigenvalue weighted by Crippen LogP contribution is 2.35. The third kappa shape index (κ3) is 3.47. The Morgan fingerprint density at radius 3 is 2.43 bits per heavy atom. The van der Waals surface area contributed by atoms with Gasteiger partial charge in [0.2, 0.25) is 0 Å². The first kappa shape index (κ1) is 19.5. The molecule has 0 bridgehead atoms. The van der Waals surface area contributed by atoms with Crippen molar-refractivity contribution in [1.82, 2.24) is 24.7 Å². The molecule has 0 saturated carbocycles. The molecule has 0 aliphatic heterocycles. The molecule has 0 atom stereocenters. The van der Waals surface area contributed by atoms with Crippen LogP contribution in [0.3, 0.4) is 0 Å². The number of halogens is 4. The molecule has 4 rings (SSSR count). The highest BCUT2D eigenvalue weighted by molar-refractivity contribution is 5.92. The highest BCUT2D eigenvalue weighted by atomic mass is 19.4. The van der Waals surface area contributed by atoms with Gasteiger partial charge in [-0.25, -0.2) is 14.4 Å². The summed E-state index contributed by atoms with van der Waals surface area (Å²) in [6, 6.07) is 5.70. The molecule has 0 aliphatic rings. The van der Waals surface area contributed by atoms with Gasteiger partial charge in [0.05, 0.1) is 29.3 Å². The zero-order chi connectivity index (χ0) is 21.5. The smallest absolute Gasteiger partial charge is 0.354 e. The molecule has 0 saturated heterocycles. The number of fused-ring (bicyclic) bond motifs is 1. The van der Waals surface area contributed by atoms with Crippen LogP contribution in [-0.2, 0) is 6.18 Å². The SMILES string of the molecule is CNC(=O)c1cn2c(-c3ccc(C(F)(F)F)cc3)c(-c3cncc(F)c3)nc2cn1. The highest BCUT2D eigenvalue weighted by Gasteiger charge is 2.30. The summed E-state index contributed by atoms with van der Waals surface area (Å²) in [5.74, 6) is -1.04. The van der Waals surface area contributed by atoms with E-state index in [1.54, 1.807) is 0 Å². The van der Waals surface area contributed by atoms with E-state index in [4.69, 9.17) is 0 Å². The van der Waals surface area contributed by atoms with Gasteiger partial charge in [-0.15, -0.1) is 0 Å². The van der Waals surface area contributed by atoms with Crippen molar-refractivity contribution in [3.05, 3.63) is 72.2 Å². The number of alkyl halides is 3. The van der Waals surface area contributed by atoms with Gasteiger partial charge >= 0.3 is 6.18 Å². The lowest BCUT2D eigenvalue weighted by atomic mass is 10.0. The average molecular weight is 415 g/mol. The first-order chi connectivity index (χ1) is 14.3. The van der Waals surface area contributed by atoms with Crippen molar-refractivity contribution < 1.29 is 22.4 Å². The summed E-state index contributed by atoms with van der Waals surface area (Å²) in [6.07, 6.45) is 0.719. The van der Waals surface area contributed by atoms with E-state index < -0.39 is 23.5 Å². The topological polar surface area (TPSA) is 72.2 Å². The second kappa shape index (κ2) is 7.21. The molecule has 1 aromatic carbocycles. The van der Waals surface area contributed by atoms with Crippen LogP contribution < -0.4 is 5.32 Å². The zero-order valence-corrected chi connectivity index (χ0v) is 15.4.